The van der Waals surface area contributed by atoms with Crippen molar-refractivity contribution in [2.24, 2.45) is 0 Å². The van der Waals surface area contributed by atoms with Crippen LogP contribution in [0.15, 0.2) is 65.3 Å². The molecule has 0 aromatic heterocycles. The van der Waals surface area contributed by atoms with Crippen molar-refractivity contribution in [2.75, 3.05) is 13.9 Å². The van der Waals surface area contributed by atoms with Crippen LogP contribution in [0, 0.1) is 10.1 Å². The Hall–Kier alpha value is -4.66. The van der Waals surface area contributed by atoms with Crippen LogP contribution < -0.4 is 14.2 Å². The van der Waals surface area contributed by atoms with Crippen LogP contribution in [0.1, 0.15) is 56.3 Å². The summed E-state index contributed by atoms with van der Waals surface area (Å²) in [6, 6.07) is 8.10. The number of esters is 1. The fraction of sp³-hybridized carbons (Fsp3) is 0.312. The molecule has 3 aromatic carbocycles. The van der Waals surface area contributed by atoms with E-state index < -0.39 is 17.0 Å². The third kappa shape index (κ3) is 5.66. The fourth-order valence-electron chi connectivity index (χ4n) is 5.46. The number of ether oxygens (including phenoxy) is 4. The van der Waals surface area contributed by atoms with Crippen molar-refractivity contribution in [3.05, 3.63) is 81.0 Å². The highest BCUT2D eigenvalue weighted by Gasteiger charge is 2.31. The van der Waals surface area contributed by atoms with Gasteiger partial charge in [0.2, 0.25) is 6.79 Å². The average Bonchev–Trinajstić information content (AvgIpc) is 3.43. The first-order valence-electron chi connectivity index (χ1n) is 13.5. The predicted molar refractivity (Wildman–Crippen MR) is 155 cm³/mol. The highest BCUT2D eigenvalue weighted by atomic mass is 16.7. The lowest BCUT2D eigenvalue weighted by Gasteiger charge is -2.18. The molecular weight excluding hydrogens is 526 g/mol. The second-order valence-electron chi connectivity index (χ2n) is 10.3. The number of allylic oxidation sites excluding steroid dienone is 4. The number of non-ortho nitro benzene ring substituents is 1. The second-order valence-corrected chi connectivity index (χ2v) is 10.3. The molecule has 9 nitrogen and oxygen atoms in total. The lowest BCUT2D eigenvalue weighted by atomic mass is 9.94. The summed E-state index contributed by atoms with van der Waals surface area (Å²) in [6.45, 7) is 3.95. The number of rotatable bonds is 5. The summed E-state index contributed by atoms with van der Waals surface area (Å²) in [7, 11) is 1.49. The number of nitro groups is 1. The number of nitro benzene ring substituents is 1. The molecular formula is C32H31NO8. The summed E-state index contributed by atoms with van der Waals surface area (Å²) < 4.78 is 22.8. The van der Waals surface area contributed by atoms with E-state index in [0.29, 0.717) is 52.5 Å². The number of hydrogen-bond acceptors (Lipinski definition) is 8. The van der Waals surface area contributed by atoms with Gasteiger partial charge in [-0.2, -0.15) is 0 Å². The van der Waals surface area contributed by atoms with Crippen LogP contribution in [0.3, 0.4) is 0 Å². The van der Waals surface area contributed by atoms with Crippen LogP contribution in [0.2, 0.25) is 0 Å². The topological polar surface area (TPSA) is 114 Å². The number of nitrogens with zero attached hydrogens (tertiary/aromatic N) is 1. The van der Waals surface area contributed by atoms with Crippen molar-refractivity contribution in [1.29, 1.82) is 0 Å². The Balaban J connectivity index is 1.66. The standard InChI is InChI=1S/C32H31NO8/c1-19-7-4-9-20(2)13-22(14-21(17-34)10-5-8-19)41-32(35)25-16-28-31(40-18-39-28)30-23-11-6-12-27(38-3)24(23)15-26(29(25)30)33(36)37/h6,8-9,11-12,14-17,22H,4-5,7,10,13,18H2,1-3H3/b19-8-,20-9-,21-14+/t22-/m1/s1. The number of carbonyl (C=O) groups is 2. The molecule has 41 heavy (non-hydrogen) atoms. The number of aldehydes is 1. The average molecular weight is 558 g/mol. The molecule has 0 fully saturated rings. The molecule has 9 heteroatoms. The summed E-state index contributed by atoms with van der Waals surface area (Å²) in [5, 5.41) is 13.9. The molecule has 212 valence electrons. The van der Waals surface area contributed by atoms with Gasteiger partial charge in [0.15, 0.2) is 11.5 Å². The molecule has 0 saturated heterocycles. The second kappa shape index (κ2) is 11.8. The summed E-state index contributed by atoms with van der Waals surface area (Å²) in [6.07, 6.45) is 9.32. The Morgan fingerprint density at radius 2 is 1.83 bits per heavy atom. The van der Waals surface area contributed by atoms with Crippen molar-refractivity contribution in [3.63, 3.8) is 0 Å². The zero-order chi connectivity index (χ0) is 29.1. The molecule has 0 radical (unpaired) electrons. The third-order valence-electron chi connectivity index (χ3n) is 7.46. The number of hydrogen-bond donors (Lipinski definition) is 0. The minimum absolute atomic E-state index is 0.0203. The number of methoxy groups -OCH3 is 1. The Labute approximate surface area is 237 Å². The van der Waals surface area contributed by atoms with Crippen LogP contribution in [0.4, 0.5) is 5.69 Å². The minimum atomic E-state index is -0.763. The summed E-state index contributed by atoms with van der Waals surface area (Å²) in [4.78, 5) is 37.6. The largest absolute Gasteiger partial charge is 0.496 e. The highest BCUT2D eigenvalue weighted by Crippen LogP contribution is 2.49. The quantitative estimate of drug-likeness (QED) is 0.0812. The van der Waals surface area contributed by atoms with Gasteiger partial charge in [-0.3, -0.25) is 14.9 Å². The van der Waals surface area contributed by atoms with Crippen LogP contribution >= 0.6 is 0 Å². The molecule has 0 spiro atoms. The Kier molecular flexibility index (Phi) is 8.05. The van der Waals surface area contributed by atoms with Crippen LogP contribution in [-0.4, -0.2) is 37.2 Å². The van der Waals surface area contributed by atoms with E-state index in [4.69, 9.17) is 18.9 Å². The highest BCUT2D eigenvalue weighted by molar-refractivity contribution is 6.22. The van der Waals surface area contributed by atoms with Crippen LogP contribution in [0.5, 0.6) is 17.2 Å². The van der Waals surface area contributed by atoms with E-state index in [2.05, 4.69) is 19.1 Å². The van der Waals surface area contributed by atoms with Crippen LogP contribution in [-0.2, 0) is 9.53 Å². The van der Waals surface area contributed by atoms with Gasteiger partial charge in [-0.15, -0.1) is 0 Å². The van der Waals surface area contributed by atoms with Gasteiger partial charge >= 0.3 is 5.97 Å². The van der Waals surface area contributed by atoms with Gasteiger partial charge in [0.1, 0.15) is 18.1 Å². The van der Waals surface area contributed by atoms with E-state index in [1.807, 2.05) is 6.92 Å². The molecule has 5 rings (SSSR count). The molecule has 0 N–H and O–H groups in total. The van der Waals surface area contributed by atoms with E-state index in [1.54, 1.807) is 24.3 Å². The van der Waals surface area contributed by atoms with E-state index in [1.165, 1.54) is 24.8 Å². The number of carbonyl (C=O) groups excluding carboxylic acids is 2. The zero-order valence-corrected chi connectivity index (χ0v) is 23.2. The van der Waals surface area contributed by atoms with Gasteiger partial charge in [0.05, 0.1) is 23.0 Å². The first kappa shape index (κ1) is 27.9. The van der Waals surface area contributed by atoms with Crippen molar-refractivity contribution >= 4 is 39.5 Å². The summed E-state index contributed by atoms with van der Waals surface area (Å²) in [5.74, 6) is 0.283. The lowest BCUT2D eigenvalue weighted by Crippen LogP contribution is -2.18. The van der Waals surface area contributed by atoms with E-state index >= 15 is 0 Å². The molecule has 3 aromatic rings. The number of benzene rings is 3. The van der Waals surface area contributed by atoms with E-state index in [0.717, 1.165) is 24.7 Å². The monoisotopic (exact) mass is 557 g/mol. The molecule has 0 saturated carbocycles. The van der Waals surface area contributed by atoms with Crippen molar-refractivity contribution in [3.8, 4) is 17.2 Å². The lowest BCUT2D eigenvalue weighted by molar-refractivity contribution is -0.383. The van der Waals surface area contributed by atoms with E-state index in [9.17, 15) is 19.7 Å². The third-order valence-corrected chi connectivity index (χ3v) is 7.46. The first-order chi connectivity index (χ1) is 19.8. The fourth-order valence-corrected chi connectivity index (χ4v) is 5.46. The van der Waals surface area contributed by atoms with Crippen molar-refractivity contribution in [2.45, 2.75) is 52.1 Å². The van der Waals surface area contributed by atoms with Gasteiger partial charge < -0.3 is 18.9 Å². The predicted octanol–water partition coefficient (Wildman–Crippen LogP) is 7.15. The molecule has 1 heterocycles. The van der Waals surface area contributed by atoms with E-state index in [-0.39, 0.29) is 29.2 Å². The Morgan fingerprint density at radius 1 is 1.05 bits per heavy atom. The molecule has 1 atom stereocenters. The summed E-state index contributed by atoms with van der Waals surface area (Å²) in [5.41, 5.74) is 2.50. The van der Waals surface area contributed by atoms with Crippen molar-refractivity contribution < 1.29 is 33.5 Å². The molecule has 2 aliphatic rings. The van der Waals surface area contributed by atoms with Gasteiger partial charge in [-0.25, -0.2) is 4.79 Å². The van der Waals surface area contributed by atoms with Gasteiger partial charge in [0, 0.05) is 23.3 Å². The molecule has 1 aliphatic carbocycles. The molecule has 1 aliphatic heterocycles. The van der Waals surface area contributed by atoms with Crippen molar-refractivity contribution in [1.82, 2.24) is 0 Å². The SMILES string of the molecule is COc1cccc2c1cc([N+](=O)[O-])c1c(C(=O)O[C@H]3/C=C(/C=O)CC/C=C(/C)CC/C=C(/C)C3)cc3c(c12)OCO3. The zero-order valence-electron chi connectivity index (χ0n) is 23.2. The normalized spacial score (nSPS) is 21.3. The van der Waals surface area contributed by atoms with Gasteiger partial charge in [0.25, 0.3) is 5.69 Å². The van der Waals surface area contributed by atoms with Gasteiger partial charge in [-0.05, 0) is 68.7 Å². The Morgan fingerprint density at radius 3 is 2.59 bits per heavy atom. The minimum Gasteiger partial charge on any atom is -0.496 e. The smallest absolute Gasteiger partial charge is 0.339 e. The van der Waals surface area contributed by atoms with Gasteiger partial charge in [-0.1, -0.05) is 35.4 Å². The maximum atomic E-state index is 13.9. The van der Waals surface area contributed by atoms with Crippen LogP contribution in [0.25, 0.3) is 21.5 Å². The number of fused-ring (bicyclic) bond motifs is 5. The summed E-state index contributed by atoms with van der Waals surface area (Å²) >= 11 is 0. The Bertz CT molecular complexity index is 1650. The maximum Gasteiger partial charge on any atom is 0.339 e. The molecule has 0 bridgehead atoms. The first-order valence-corrected chi connectivity index (χ1v) is 13.5. The maximum absolute atomic E-state index is 13.9. The molecule has 0 amide bonds. The molecule has 0 unspecified atom stereocenters.